The van der Waals surface area contributed by atoms with E-state index in [4.69, 9.17) is 4.74 Å². The topological polar surface area (TPSA) is 66.8 Å². The molecule has 0 unspecified atom stereocenters. The number of aryl methyl sites for hydroxylation is 1. The molecular weight excluding hydrogens is 280 g/mol. The van der Waals surface area contributed by atoms with Crippen LogP contribution in [0.2, 0.25) is 0 Å². The lowest BCUT2D eigenvalue weighted by Gasteiger charge is -2.10. The highest BCUT2D eigenvalue weighted by Gasteiger charge is 2.11. The maximum atomic E-state index is 11.9. The second-order valence-electron chi connectivity index (χ2n) is 5.75. The van der Waals surface area contributed by atoms with Gasteiger partial charge >= 0.3 is 0 Å². The van der Waals surface area contributed by atoms with Crippen LogP contribution >= 0.6 is 0 Å². The average Bonchev–Trinajstić information content (AvgIpc) is 2.50. The van der Waals surface area contributed by atoms with Gasteiger partial charge in [-0.25, -0.2) is 0 Å². The molecule has 0 spiro atoms. The van der Waals surface area contributed by atoms with E-state index in [2.05, 4.69) is 6.92 Å². The Hall–Kier alpha value is -1.55. The highest BCUT2D eigenvalue weighted by molar-refractivity contribution is 5.79. The number of phenolic OH excluding ortho intramolecular Hbond substituents is 1. The molecule has 1 aromatic rings. The number of hydrogen-bond donors (Lipinski definition) is 2. The molecule has 0 aliphatic rings. The van der Waals surface area contributed by atoms with E-state index in [-0.39, 0.29) is 18.0 Å². The number of hydrogen-bond acceptors (Lipinski definition) is 4. The number of Topliss-reactive ketones (excluding diaryl/α,β-unsaturated/α-hetero) is 1. The largest absolute Gasteiger partial charge is 0.504 e. The fourth-order valence-corrected chi connectivity index (χ4v) is 2.43. The van der Waals surface area contributed by atoms with Gasteiger partial charge in [0.25, 0.3) is 0 Å². The molecule has 0 heterocycles. The van der Waals surface area contributed by atoms with E-state index in [9.17, 15) is 15.0 Å². The maximum absolute atomic E-state index is 11.9. The lowest BCUT2D eigenvalue weighted by Crippen LogP contribution is -2.13. The van der Waals surface area contributed by atoms with Gasteiger partial charge in [-0.15, -0.1) is 0 Å². The molecule has 0 amide bonds. The molecule has 0 aliphatic carbocycles. The number of aliphatic hydroxyl groups excluding tert-OH is 1. The Kier molecular flexibility index (Phi) is 8.60. The van der Waals surface area contributed by atoms with Crippen molar-refractivity contribution in [2.45, 2.75) is 64.4 Å². The zero-order chi connectivity index (χ0) is 16.4. The third-order valence-electron chi connectivity index (χ3n) is 3.79. The smallest absolute Gasteiger partial charge is 0.160 e. The summed E-state index contributed by atoms with van der Waals surface area (Å²) in [6, 6.07) is 5.09. The SMILES string of the molecule is CCCCCC[C@H](O)CC(=O)CCc1ccc(O)c(OC)c1. The number of rotatable bonds is 11. The maximum Gasteiger partial charge on any atom is 0.160 e. The van der Waals surface area contributed by atoms with Crippen molar-refractivity contribution in [3.8, 4) is 11.5 Å². The minimum atomic E-state index is -0.515. The fourth-order valence-electron chi connectivity index (χ4n) is 2.43. The van der Waals surface area contributed by atoms with Crippen molar-refractivity contribution < 1.29 is 19.7 Å². The number of methoxy groups -OCH3 is 1. The lowest BCUT2D eigenvalue weighted by molar-refractivity contribution is -0.121. The van der Waals surface area contributed by atoms with Crippen LogP contribution in [0.4, 0.5) is 0 Å². The molecule has 1 atom stereocenters. The molecule has 0 fully saturated rings. The summed E-state index contributed by atoms with van der Waals surface area (Å²) in [6.45, 7) is 2.15. The zero-order valence-corrected chi connectivity index (χ0v) is 13.7. The Labute approximate surface area is 133 Å². The summed E-state index contributed by atoms with van der Waals surface area (Å²) >= 11 is 0. The fraction of sp³-hybridized carbons (Fsp3) is 0.611. The third kappa shape index (κ3) is 6.94. The Morgan fingerprint density at radius 1 is 1.27 bits per heavy atom. The van der Waals surface area contributed by atoms with Crippen LogP contribution in [0.25, 0.3) is 0 Å². The number of ketones is 1. The van der Waals surface area contributed by atoms with Gasteiger partial charge in [0.15, 0.2) is 11.5 Å². The van der Waals surface area contributed by atoms with Crippen molar-refractivity contribution in [2.24, 2.45) is 0 Å². The first-order valence-electron chi connectivity index (χ1n) is 8.12. The number of aliphatic hydroxyl groups is 1. The lowest BCUT2D eigenvalue weighted by atomic mass is 10.0. The molecule has 0 aromatic heterocycles. The minimum Gasteiger partial charge on any atom is -0.504 e. The molecule has 0 bridgehead atoms. The standard InChI is InChI=1S/C18H28O4/c1-3-4-5-6-7-15(19)13-16(20)10-8-14-9-11-17(21)18(12-14)22-2/h9,11-12,15,19,21H,3-8,10,13H2,1-2H3/t15-/m0/s1. The second kappa shape index (κ2) is 10.2. The van der Waals surface area contributed by atoms with Crippen molar-refractivity contribution in [3.05, 3.63) is 23.8 Å². The first kappa shape index (κ1) is 18.5. The van der Waals surface area contributed by atoms with Gasteiger partial charge in [0.2, 0.25) is 0 Å². The predicted octanol–water partition coefficient (Wildman–Crippen LogP) is 3.62. The van der Waals surface area contributed by atoms with Gasteiger partial charge in [0.05, 0.1) is 13.2 Å². The first-order valence-corrected chi connectivity index (χ1v) is 8.12. The van der Waals surface area contributed by atoms with Crippen molar-refractivity contribution in [1.29, 1.82) is 0 Å². The second-order valence-corrected chi connectivity index (χ2v) is 5.75. The zero-order valence-electron chi connectivity index (χ0n) is 13.7. The first-order chi connectivity index (χ1) is 10.6. The van der Waals surface area contributed by atoms with Crippen LogP contribution in [-0.2, 0) is 11.2 Å². The summed E-state index contributed by atoms with van der Waals surface area (Å²) in [5.74, 6) is 0.594. The van der Waals surface area contributed by atoms with Gasteiger partial charge < -0.3 is 14.9 Å². The number of phenols is 1. The van der Waals surface area contributed by atoms with Crippen molar-refractivity contribution >= 4 is 5.78 Å². The third-order valence-corrected chi connectivity index (χ3v) is 3.79. The van der Waals surface area contributed by atoms with Gasteiger partial charge in [0, 0.05) is 12.8 Å². The van der Waals surface area contributed by atoms with Gasteiger partial charge in [0.1, 0.15) is 5.78 Å². The number of carbonyl (C=O) groups is 1. The van der Waals surface area contributed by atoms with E-state index in [1.165, 1.54) is 20.0 Å². The Balaban J connectivity index is 2.30. The summed E-state index contributed by atoms with van der Waals surface area (Å²) in [4.78, 5) is 11.9. The normalized spacial score (nSPS) is 12.1. The molecule has 0 radical (unpaired) electrons. The van der Waals surface area contributed by atoms with Crippen LogP contribution in [0, 0.1) is 0 Å². The van der Waals surface area contributed by atoms with Crippen LogP contribution in [0.5, 0.6) is 11.5 Å². The minimum absolute atomic E-state index is 0.0787. The van der Waals surface area contributed by atoms with Crippen molar-refractivity contribution in [3.63, 3.8) is 0 Å². The summed E-state index contributed by atoms with van der Waals surface area (Å²) in [5.41, 5.74) is 0.945. The highest BCUT2D eigenvalue weighted by atomic mass is 16.5. The quantitative estimate of drug-likeness (QED) is 0.613. The summed E-state index contributed by atoms with van der Waals surface area (Å²) in [6.07, 6.45) is 5.89. The van der Waals surface area contributed by atoms with E-state index in [1.807, 2.05) is 0 Å². The molecule has 0 aliphatic heterocycles. The van der Waals surface area contributed by atoms with Crippen LogP contribution in [-0.4, -0.2) is 29.2 Å². The van der Waals surface area contributed by atoms with Crippen LogP contribution in [0.15, 0.2) is 18.2 Å². The van der Waals surface area contributed by atoms with Crippen molar-refractivity contribution in [1.82, 2.24) is 0 Å². The molecule has 2 N–H and O–H groups in total. The molecule has 124 valence electrons. The Bertz CT molecular complexity index is 456. The van der Waals surface area contributed by atoms with Crippen LogP contribution < -0.4 is 4.74 Å². The number of carbonyl (C=O) groups excluding carboxylic acids is 1. The number of aromatic hydroxyl groups is 1. The Morgan fingerprint density at radius 3 is 2.73 bits per heavy atom. The van der Waals surface area contributed by atoms with Crippen LogP contribution in [0.1, 0.15) is 57.4 Å². The predicted molar refractivity (Wildman–Crippen MR) is 87.4 cm³/mol. The van der Waals surface area contributed by atoms with E-state index in [1.54, 1.807) is 18.2 Å². The van der Waals surface area contributed by atoms with E-state index >= 15 is 0 Å². The molecule has 4 heteroatoms. The van der Waals surface area contributed by atoms with Crippen molar-refractivity contribution in [2.75, 3.05) is 7.11 Å². The van der Waals surface area contributed by atoms with Gasteiger partial charge in [-0.05, 0) is 30.5 Å². The number of ether oxygens (including phenoxy) is 1. The summed E-state index contributed by atoms with van der Waals surface area (Å²) in [7, 11) is 1.50. The van der Waals surface area contributed by atoms with Gasteiger partial charge in [-0.3, -0.25) is 4.79 Å². The van der Waals surface area contributed by atoms with E-state index in [0.717, 1.165) is 18.4 Å². The average molecular weight is 308 g/mol. The van der Waals surface area contributed by atoms with Crippen LogP contribution in [0.3, 0.4) is 0 Å². The highest BCUT2D eigenvalue weighted by Crippen LogP contribution is 2.26. The molecular formula is C18H28O4. The molecule has 1 aromatic carbocycles. The van der Waals surface area contributed by atoms with E-state index < -0.39 is 6.10 Å². The summed E-state index contributed by atoms with van der Waals surface area (Å²) < 4.78 is 5.05. The number of unbranched alkanes of at least 4 members (excludes halogenated alkanes) is 3. The Morgan fingerprint density at radius 2 is 2.05 bits per heavy atom. The molecule has 0 saturated carbocycles. The molecule has 4 nitrogen and oxygen atoms in total. The molecule has 1 rings (SSSR count). The van der Waals surface area contributed by atoms with Gasteiger partial charge in [-0.1, -0.05) is 38.7 Å². The molecule has 0 saturated heterocycles. The van der Waals surface area contributed by atoms with Gasteiger partial charge in [-0.2, -0.15) is 0 Å². The summed E-state index contributed by atoms with van der Waals surface area (Å²) in [5, 5.41) is 19.4. The molecule has 22 heavy (non-hydrogen) atoms. The monoisotopic (exact) mass is 308 g/mol. The number of benzene rings is 1. The van der Waals surface area contributed by atoms with E-state index in [0.29, 0.717) is 25.0 Å².